The minimum absolute atomic E-state index is 0.201. The standard InChI is InChI=1S/C37H30O10/c1-2-23-42-37(28-21-13-6-14-22-28)46-32-31(45-35(40)27-19-11-5-12-20-27)30(44-34(39)26-17-9-4-10-18-26)29(43-36(32)47-37)24-41-33(38)25-15-7-3-8-16-25/h1,3-22,29-32,36H,23-24H2/t29-,30-,31+,32-,36-,37-/m1/s1. The van der Waals surface area contributed by atoms with Crippen LogP contribution in [0.1, 0.15) is 36.6 Å². The van der Waals surface area contributed by atoms with Crippen LogP contribution in [0.4, 0.5) is 0 Å². The normalized spacial score (nSPS) is 24.7. The SMILES string of the molecule is C#CCO[C@@]1(c2ccccc2)O[C@H]2O[C@H](COC(=O)c3ccccc3)[C@@H](OC(=O)c3ccccc3)[C@H](OC(=O)c3ccccc3)[C@H]2O1. The van der Waals surface area contributed by atoms with Crippen LogP contribution in [0.5, 0.6) is 0 Å². The van der Waals surface area contributed by atoms with Gasteiger partial charge in [0.05, 0.1) is 16.7 Å². The molecule has 0 aliphatic carbocycles. The van der Waals surface area contributed by atoms with Gasteiger partial charge in [-0.2, -0.15) is 0 Å². The Morgan fingerprint density at radius 3 is 1.68 bits per heavy atom. The zero-order valence-electron chi connectivity index (χ0n) is 25.0. The highest BCUT2D eigenvalue weighted by Gasteiger charge is 2.62. The third-order valence-corrected chi connectivity index (χ3v) is 7.52. The van der Waals surface area contributed by atoms with Crippen molar-refractivity contribution >= 4 is 17.9 Å². The van der Waals surface area contributed by atoms with Crippen LogP contribution in [0.15, 0.2) is 121 Å². The fourth-order valence-electron chi connectivity index (χ4n) is 5.28. The maximum atomic E-state index is 13.5. The van der Waals surface area contributed by atoms with E-state index in [9.17, 15) is 14.4 Å². The van der Waals surface area contributed by atoms with Crippen LogP contribution in [0.3, 0.4) is 0 Å². The monoisotopic (exact) mass is 634 g/mol. The van der Waals surface area contributed by atoms with Gasteiger partial charge in [0.25, 0.3) is 0 Å². The number of carbonyl (C=O) groups is 3. The first-order valence-corrected chi connectivity index (χ1v) is 14.9. The van der Waals surface area contributed by atoms with Gasteiger partial charge in [-0.25, -0.2) is 14.4 Å². The van der Waals surface area contributed by atoms with Crippen LogP contribution in [-0.2, 0) is 39.1 Å². The summed E-state index contributed by atoms with van der Waals surface area (Å²) in [6.45, 7) is -0.594. The molecule has 0 N–H and O–H groups in total. The molecule has 6 atom stereocenters. The molecular weight excluding hydrogens is 604 g/mol. The van der Waals surface area contributed by atoms with Crippen molar-refractivity contribution in [2.75, 3.05) is 13.2 Å². The zero-order chi connectivity index (χ0) is 32.6. The van der Waals surface area contributed by atoms with Crippen LogP contribution in [-0.4, -0.2) is 61.8 Å². The van der Waals surface area contributed by atoms with Crippen molar-refractivity contribution in [3.63, 3.8) is 0 Å². The highest BCUT2D eigenvalue weighted by molar-refractivity contribution is 5.91. The van der Waals surface area contributed by atoms with E-state index in [0.29, 0.717) is 11.1 Å². The molecule has 4 aromatic rings. The summed E-state index contributed by atoms with van der Waals surface area (Å²) in [4.78, 5) is 39.9. The molecule has 0 saturated carbocycles. The van der Waals surface area contributed by atoms with Crippen molar-refractivity contribution in [2.45, 2.75) is 36.7 Å². The first-order valence-electron chi connectivity index (χ1n) is 14.9. The fourth-order valence-corrected chi connectivity index (χ4v) is 5.28. The maximum absolute atomic E-state index is 13.5. The van der Waals surface area contributed by atoms with Crippen molar-refractivity contribution < 1.29 is 47.5 Å². The van der Waals surface area contributed by atoms with Crippen molar-refractivity contribution in [2.24, 2.45) is 0 Å². The highest BCUT2D eigenvalue weighted by atomic mass is 16.9. The molecular formula is C37H30O10. The molecule has 6 rings (SSSR count). The summed E-state index contributed by atoms with van der Waals surface area (Å²) in [6, 6.07) is 33.7. The number of esters is 3. The Labute approximate surface area is 271 Å². The summed E-state index contributed by atoms with van der Waals surface area (Å²) < 4.78 is 42.6. The summed E-state index contributed by atoms with van der Waals surface area (Å²) in [5, 5.41) is 0. The van der Waals surface area contributed by atoms with Gasteiger partial charge in [0.15, 0.2) is 24.6 Å². The third-order valence-electron chi connectivity index (χ3n) is 7.52. The molecule has 0 spiro atoms. The van der Waals surface area contributed by atoms with Crippen molar-refractivity contribution in [1.82, 2.24) is 0 Å². The Bertz CT molecular complexity index is 1710. The lowest BCUT2D eigenvalue weighted by Gasteiger charge is -2.41. The first kappa shape index (κ1) is 31.7. The molecule has 0 unspecified atom stereocenters. The molecule has 0 amide bonds. The molecule has 47 heavy (non-hydrogen) atoms. The number of rotatable bonds is 10. The topological polar surface area (TPSA) is 116 Å². The smallest absolute Gasteiger partial charge is 0.338 e. The molecule has 2 aliphatic heterocycles. The van der Waals surface area contributed by atoms with Crippen LogP contribution in [0.25, 0.3) is 0 Å². The number of ether oxygens (including phenoxy) is 7. The van der Waals surface area contributed by atoms with Crippen LogP contribution in [0, 0.1) is 12.3 Å². The highest BCUT2D eigenvalue weighted by Crippen LogP contribution is 2.45. The molecule has 10 nitrogen and oxygen atoms in total. The largest absolute Gasteiger partial charge is 0.459 e. The molecule has 2 heterocycles. The molecule has 2 aliphatic rings. The van der Waals surface area contributed by atoms with Gasteiger partial charge in [-0.15, -0.1) is 6.42 Å². The van der Waals surface area contributed by atoms with E-state index in [0.717, 1.165) is 0 Å². The molecule has 238 valence electrons. The Morgan fingerprint density at radius 1 is 0.660 bits per heavy atom. The van der Waals surface area contributed by atoms with Gasteiger partial charge in [-0.3, -0.25) is 4.74 Å². The maximum Gasteiger partial charge on any atom is 0.338 e. The molecule has 0 radical (unpaired) electrons. The third kappa shape index (κ3) is 7.09. The Hall–Kier alpha value is -5.31. The Morgan fingerprint density at radius 2 is 1.15 bits per heavy atom. The fraction of sp³-hybridized carbons (Fsp3) is 0.216. The first-order chi connectivity index (χ1) is 23.0. The predicted molar refractivity (Wildman–Crippen MR) is 166 cm³/mol. The lowest BCUT2D eigenvalue weighted by Crippen LogP contribution is -2.60. The second-order valence-corrected chi connectivity index (χ2v) is 10.6. The number of carbonyl (C=O) groups excluding carboxylic acids is 3. The number of terminal acetylenes is 1. The van der Waals surface area contributed by atoms with Crippen LogP contribution in [0.2, 0.25) is 0 Å². The zero-order valence-corrected chi connectivity index (χ0v) is 25.0. The van der Waals surface area contributed by atoms with Gasteiger partial charge in [0.2, 0.25) is 0 Å². The second-order valence-electron chi connectivity index (χ2n) is 10.6. The van der Waals surface area contributed by atoms with Gasteiger partial charge < -0.3 is 28.4 Å². The van der Waals surface area contributed by atoms with Crippen LogP contribution < -0.4 is 0 Å². The van der Waals surface area contributed by atoms with E-state index in [4.69, 9.17) is 39.6 Å². The van der Waals surface area contributed by atoms with E-state index in [1.54, 1.807) is 121 Å². The van der Waals surface area contributed by atoms with E-state index in [1.165, 1.54) is 0 Å². The van der Waals surface area contributed by atoms with E-state index >= 15 is 0 Å². The van der Waals surface area contributed by atoms with Gasteiger partial charge in [0, 0.05) is 5.56 Å². The lowest BCUT2D eigenvalue weighted by atomic mass is 9.98. The van der Waals surface area contributed by atoms with Crippen molar-refractivity contribution in [3.8, 4) is 12.3 Å². The number of benzene rings is 4. The number of hydrogen-bond acceptors (Lipinski definition) is 10. The van der Waals surface area contributed by atoms with Crippen LogP contribution >= 0.6 is 0 Å². The second kappa shape index (κ2) is 14.4. The minimum Gasteiger partial charge on any atom is -0.459 e. The molecule has 4 aromatic carbocycles. The molecule has 2 fully saturated rings. The Balaban J connectivity index is 1.38. The van der Waals surface area contributed by atoms with Gasteiger partial charge in [-0.1, -0.05) is 90.8 Å². The van der Waals surface area contributed by atoms with E-state index in [1.807, 2.05) is 0 Å². The average molecular weight is 635 g/mol. The molecule has 0 bridgehead atoms. The summed E-state index contributed by atoms with van der Waals surface area (Å²) in [7, 11) is 0. The van der Waals surface area contributed by atoms with E-state index in [2.05, 4.69) is 5.92 Å². The average Bonchev–Trinajstić information content (AvgIpc) is 3.51. The predicted octanol–water partition coefficient (Wildman–Crippen LogP) is 4.90. The minimum atomic E-state index is -1.87. The number of hydrogen-bond donors (Lipinski definition) is 0. The molecule has 0 aromatic heterocycles. The van der Waals surface area contributed by atoms with Gasteiger partial charge >= 0.3 is 23.9 Å². The van der Waals surface area contributed by atoms with Crippen molar-refractivity contribution in [3.05, 3.63) is 144 Å². The summed E-state index contributed by atoms with van der Waals surface area (Å²) >= 11 is 0. The lowest BCUT2D eigenvalue weighted by molar-refractivity contribution is -0.362. The van der Waals surface area contributed by atoms with Crippen molar-refractivity contribution in [1.29, 1.82) is 0 Å². The summed E-state index contributed by atoms with van der Waals surface area (Å²) in [5.41, 5.74) is 1.23. The summed E-state index contributed by atoms with van der Waals surface area (Å²) in [6.07, 6.45) is -0.730. The number of fused-ring (bicyclic) bond motifs is 1. The molecule has 2 saturated heterocycles. The van der Waals surface area contributed by atoms with E-state index < -0.39 is 61.2 Å². The van der Waals surface area contributed by atoms with Gasteiger partial charge in [0.1, 0.15) is 19.3 Å². The van der Waals surface area contributed by atoms with Gasteiger partial charge in [-0.05, 0) is 36.4 Å². The summed E-state index contributed by atoms with van der Waals surface area (Å²) in [5.74, 6) is -1.55. The molecule has 10 heteroatoms. The van der Waals surface area contributed by atoms with E-state index in [-0.39, 0.29) is 17.7 Å². The quantitative estimate of drug-likeness (QED) is 0.136. The Kier molecular flexibility index (Phi) is 9.71.